The number of nitrogens with zero attached hydrogens (tertiary/aromatic N) is 1. The summed E-state index contributed by atoms with van der Waals surface area (Å²) in [6.45, 7) is 7.20. The lowest BCUT2D eigenvalue weighted by Gasteiger charge is -2.37. The number of rotatable bonds is 5. The average Bonchev–Trinajstić information content (AvgIpc) is 2.98. The van der Waals surface area contributed by atoms with Gasteiger partial charge in [-0.15, -0.1) is 0 Å². The van der Waals surface area contributed by atoms with Crippen LogP contribution in [0.3, 0.4) is 0 Å². The monoisotopic (exact) mass is 434 g/mol. The second-order valence-electron chi connectivity index (χ2n) is 7.42. The van der Waals surface area contributed by atoms with Gasteiger partial charge >= 0.3 is 0 Å². The van der Waals surface area contributed by atoms with Crippen LogP contribution in [0.25, 0.3) is 11.0 Å². The Morgan fingerprint density at radius 1 is 1.33 bits per heavy atom. The molecule has 1 fully saturated rings. The fourth-order valence-electron chi connectivity index (χ4n) is 3.66. The Balaban J connectivity index is 1.78. The Morgan fingerprint density at radius 2 is 2.11 bits per heavy atom. The number of fused-ring (bicyclic) bond motifs is 1. The van der Waals surface area contributed by atoms with Crippen LogP contribution in [0.15, 0.2) is 27.1 Å². The molecule has 146 valence electrons. The van der Waals surface area contributed by atoms with E-state index in [0.717, 1.165) is 41.1 Å². The third-order valence-corrected chi connectivity index (χ3v) is 5.93. The van der Waals surface area contributed by atoms with Gasteiger partial charge in [-0.2, -0.15) is 0 Å². The number of furan rings is 1. The summed E-state index contributed by atoms with van der Waals surface area (Å²) in [6, 6.07) is 5.83. The molecule has 2 aromatic rings. The van der Waals surface area contributed by atoms with E-state index < -0.39 is 0 Å². The molecule has 5 nitrogen and oxygen atoms in total. The van der Waals surface area contributed by atoms with Gasteiger partial charge in [0.2, 0.25) is 5.91 Å². The van der Waals surface area contributed by atoms with Crippen LogP contribution >= 0.6 is 15.9 Å². The number of carbonyl (C=O) groups excluding carboxylic acids is 2. The van der Waals surface area contributed by atoms with E-state index in [1.807, 2.05) is 32.0 Å². The van der Waals surface area contributed by atoms with Gasteiger partial charge in [0.25, 0.3) is 5.91 Å². The molecule has 3 rings (SSSR count). The Morgan fingerprint density at radius 3 is 2.85 bits per heavy atom. The molecule has 1 aliphatic rings. The number of aryl methyl sites for hydroxylation is 1. The first-order valence-electron chi connectivity index (χ1n) is 9.69. The molecule has 6 heteroatoms. The van der Waals surface area contributed by atoms with E-state index in [1.165, 1.54) is 0 Å². The lowest BCUT2D eigenvalue weighted by Crippen LogP contribution is -2.49. The highest BCUT2D eigenvalue weighted by Gasteiger charge is 2.35. The van der Waals surface area contributed by atoms with E-state index in [4.69, 9.17) is 4.42 Å². The van der Waals surface area contributed by atoms with Crippen molar-refractivity contribution in [2.75, 3.05) is 13.1 Å². The van der Waals surface area contributed by atoms with Crippen LogP contribution in [0.4, 0.5) is 0 Å². The zero-order valence-electron chi connectivity index (χ0n) is 16.2. The Bertz CT molecular complexity index is 845. The molecule has 27 heavy (non-hydrogen) atoms. The summed E-state index contributed by atoms with van der Waals surface area (Å²) in [4.78, 5) is 27.5. The average molecular weight is 435 g/mol. The number of halogens is 1. The standard InChI is InChI=1S/C21H27BrN2O3/c1-4-5-10-23-20(25)15-7-6-13(2)24(12-15)21(26)19-14(3)17-11-16(22)8-9-18(17)27-19/h8-9,11,13,15H,4-7,10,12H2,1-3H3,(H,23,25). The van der Waals surface area contributed by atoms with Gasteiger partial charge < -0.3 is 14.6 Å². The summed E-state index contributed by atoms with van der Waals surface area (Å²) in [5.74, 6) is 0.152. The third kappa shape index (κ3) is 4.21. The summed E-state index contributed by atoms with van der Waals surface area (Å²) in [5, 5.41) is 3.94. The molecule has 1 aromatic heterocycles. The zero-order valence-corrected chi connectivity index (χ0v) is 17.8. The second-order valence-corrected chi connectivity index (χ2v) is 8.34. The summed E-state index contributed by atoms with van der Waals surface area (Å²) >= 11 is 3.47. The second kappa shape index (κ2) is 8.46. The molecule has 0 spiro atoms. The number of carbonyl (C=O) groups is 2. The van der Waals surface area contributed by atoms with Crippen molar-refractivity contribution >= 4 is 38.7 Å². The molecule has 2 unspecified atom stereocenters. The van der Waals surface area contributed by atoms with Crippen LogP contribution in [0.5, 0.6) is 0 Å². The highest BCUT2D eigenvalue weighted by Crippen LogP contribution is 2.31. The van der Waals surface area contributed by atoms with Gasteiger partial charge in [-0.05, 0) is 51.3 Å². The first kappa shape index (κ1) is 19.9. The first-order chi connectivity index (χ1) is 12.9. The number of piperidine rings is 1. The molecule has 1 N–H and O–H groups in total. The maximum atomic E-state index is 13.2. The Hall–Kier alpha value is -1.82. The van der Waals surface area contributed by atoms with Crippen LogP contribution < -0.4 is 5.32 Å². The molecular formula is C21H27BrN2O3. The van der Waals surface area contributed by atoms with Crippen molar-refractivity contribution < 1.29 is 14.0 Å². The van der Waals surface area contributed by atoms with Crippen LogP contribution in [0.2, 0.25) is 0 Å². The lowest BCUT2D eigenvalue weighted by atomic mass is 9.92. The van der Waals surface area contributed by atoms with Crippen molar-refractivity contribution in [2.45, 2.75) is 52.5 Å². The van der Waals surface area contributed by atoms with Gasteiger partial charge in [0.05, 0.1) is 5.92 Å². The van der Waals surface area contributed by atoms with E-state index in [0.29, 0.717) is 24.4 Å². The summed E-state index contributed by atoms with van der Waals surface area (Å²) in [6.07, 6.45) is 3.66. The van der Waals surface area contributed by atoms with Crippen molar-refractivity contribution in [3.8, 4) is 0 Å². The minimum Gasteiger partial charge on any atom is -0.451 e. The van der Waals surface area contributed by atoms with Crippen molar-refractivity contribution in [1.29, 1.82) is 0 Å². The fraction of sp³-hybridized carbons (Fsp3) is 0.524. The lowest BCUT2D eigenvalue weighted by molar-refractivity contribution is -0.126. The molecule has 2 amide bonds. The van der Waals surface area contributed by atoms with Gasteiger partial charge in [-0.25, -0.2) is 0 Å². The molecule has 2 heterocycles. The fourth-order valence-corrected chi connectivity index (χ4v) is 4.03. The SMILES string of the molecule is CCCCNC(=O)C1CCC(C)N(C(=O)c2oc3ccc(Br)cc3c2C)C1. The molecule has 0 saturated carbocycles. The van der Waals surface area contributed by atoms with Crippen LogP contribution in [-0.4, -0.2) is 35.8 Å². The molecular weight excluding hydrogens is 408 g/mol. The van der Waals surface area contributed by atoms with E-state index in [-0.39, 0.29) is 23.8 Å². The molecule has 0 bridgehead atoms. The van der Waals surface area contributed by atoms with Crippen LogP contribution in [0, 0.1) is 12.8 Å². The maximum absolute atomic E-state index is 13.2. The zero-order chi connectivity index (χ0) is 19.6. The van der Waals surface area contributed by atoms with Gasteiger partial charge in [-0.1, -0.05) is 29.3 Å². The third-order valence-electron chi connectivity index (χ3n) is 5.44. The minimum absolute atomic E-state index is 0.0541. The highest BCUT2D eigenvalue weighted by atomic mass is 79.9. The highest BCUT2D eigenvalue weighted by molar-refractivity contribution is 9.10. The first-order valence-corrected chi connectivity index (χ1v) is 10.5. The number of nitrogens with one attached hydrogen (secondary N) is 1. The Labute approximate surface area is 168 Å². The predicted molar refractivity (Wildman–Crippen MR) is 110 cm³/mol. The Kier molecular flexibility index (Phi) is 6.25. The van der Waals surface area contributed by atoms with Crippen molar-refractivity contribution in [3.05, 3.63) is 34.0 Å². The summed E-state index contributed by atoms with van der Waals surface area (Å²) in [5.41, 5.74) is 1.55. The summed E-state index contributed by atoms with van der Waals surface area (Å²) in [7, 11) is 0. The molecule has 0 radical (unpaired) electrons. The van der Waals surface area contributed by atoms with E-state index >= 15 is 0 Å². The van der Waals surface area contributed by atoms with Crippen molar-refractivity contribution in [1.82, 2.24) is 10.2 Å². The molecule has 1 aliphatic heterocycles. The smallest absolute Gasteiger partial charge is 0.290 e. The van der Waals surface area contributed by atoms with Gasteiger partial charge in [-0.3, -0.25) is 9.59 Å². The largest absolute Gasteiger partial charge is 0.451 e. The number of amides is 2. The van der Waals surface area contributed by atoms with Crippen molar-refractivity contribution in [3.63, 3.8) is 0 Å². The molecule has 1 aromatic carbocycles. The maximum Gasteiger partial charge on any atom is 0.290 e. The van der Waals surface area contributed by atoms with Gasteiger partial charge in [0, 0.05) is 34.6 Å². The predicted octanol–water partition coefficient (Wildman–Crippen LogP) is 4.66. The minimum atomic E-state index is -0.152. The topological polar surface area (TPSA) is 62.6 Å². The number of hydrogen-bond acceptors (Lipinski definition) is 3. The normalized spacial score (nSPS) is 20.1. The van der Waals surface area contributed by atoms with Crippen LogP contribution in [-0.2, 0) is 4.79 Å². The molecule has 1 saturated heterocycles. The number of unbranched alkanes of at least 4 members (excludes halogenated alkanes) is 1. The summed E-state index contributed by atoms with van der Waals surface area (Å²) < 4.78 is 6.83. The van der Waals surface area contributed by atoms with Gasteiger partial charge in [0.15, 0.2) is 5.76 Å². The number of likely N-dealkylation sites (tertiary alicyclic amines) is 1. The molecule has 0 aliphatic carbocycles. The van der Waals surface area contributed by atoms with E-state index in [2.05, 4.69) is 28.2 Å². The number of benzene rings is 1. The van der Waals surface area contributed by atoms with Crippen molar-refractivity contribution in [2.24, 2.45) is 5.92 Å². The molecule has 2 atom stereocenters. The van der Waals surface area contributed by atoms with E-state index in [1.54, 1.807) is 4.90 Å². The number of hydrogen-bond donors (Lipinski definition) is 1. The van der Waals surface area contributed by atoms with Gasteiger partial charge in [0.1, 0.15) is 5.58 Å². The van der Waals surface area contributed by atoms with E-state index in [9.17, 15) is 9.59 Å². The van der Waals surface area contributed by atoms with Crippen LogP contribution in [0.1, 0.15) is 55.6 Å². The quantitative estimate of drug-likeness (QED) is 0.695.